The zero-order valence-electron chi connectivity index (χ0n) is 15.9. The van der Waals surface area contributed by atoms with Gasteiger partial charge in [0.25, 0.3) is 5.91 Å². The van der Waals surface area contributed by atoms with Crippen LogP contribution in [0.2, 0.25) is 0 Å². The summed E-state index contributed by atoms with van der Waals surface area (Å²) in [4.78, 5) is 24.0. The number of hydrogen-bond acceptors (Lipinski definition) is 4. The van der Waals surface area contributed by atoms with Crippen LogP contribution in [0.1, 0.15) is 36.1 Å². The molecule has 0 unspecified atom stereocenters. The van der Waals surface area contributed by atoms with Gasteiger partial charge in [-0.05, 0) is 31.1 Å². The van der Waals surface area contributed by atoms with Gasteiger partial charge in [0, 0.05) is 11.6 Å². The molecule has 2 aromatic carbocycles. The Hall–Kier alpha value is -3.08. The molecule has 2 rings (SSSR count). The number of benzene rings is 2. The highest BCUT2D eigenvalue weighted by Crippen LogP contribution is 2.19. The van der Waals surface area contributed by atoms with E-state index in [1.807, 2.05) is 56.3 Å². The number of nitrogens with one attached hydrogen (secondary N) is 1. The van der Waals surface area contributed by atoms with Crippen molar-refractivity contribution in [1.29, 1.82) is 0 Å². The van der Waals surface area contributed by atoms with Crippen molar-refractivity contribution in [1.82, 2.24) is 5.32 Å². The largest absolute Gasteiger partial charge is 0.496 e. The first-order valence-corrected chi connectivity index (χ1v) is 8.87. The van der Waals surface area contributed by atoms with Gasteiger partial charge in [-0.2, -0.15) is 0 Å². The topological polar surface area (TPSA) is 64.6 Å². The highest BCUT2D eigenvalue weighted by atomic mass is 16.5. The molecule has 0 aliphatic heterocycles. The van der Waals surface area contributed by atoms with Crippen LogP contribution in [0, 0.1) is 6.92 Å². The molecule has 27 heavy (non-hydrogen) atoms. The summed E-state index contributed by atoms with van der Waals surface area (Å²) in [6, 6.07) is 15.2. The molecule has 5 heteroatoms. The highest BCUT2D eigenvalue weighted by molar-refractivity contribution is 5.89. The highest BCUT2D eigenvalue weighted by Gasteiger charge is 2.13. The van der Waals surface area contributed by atoms with Crippen molar-refractivity contribution >= 4 is 18.0 Å². The monoisotopic (exact) mass is 367 g/mol. The Balaban J connectivity index is 1.86. The van der Waals surface area contributed by atoms with Crippen LogP contribution in [0.15, 0.2) is 54.6 Å². The van der Waals surface area contributed by atoms with E-state index in [9.17, 15) is 9.59 Å². The summed E-state index contributed by atoms with van der Waals surface area (Å²) in [7, 11) is 1.56. The number of rotatable bonds is 8. The fraction of sp³-hybridized carbons (Fsp3) is 0.273. The summed E-state index contributed by atoms with van der Waals surface area (Å²) in [5.41, 5.74) is 2.95. The van der Waals surface area contributed by atoms with Gasteiger partial charge in [-0.3, -0.25) is 4.79 Å². The van der Waals surface area contributed by atoms with Gasteiger partial charge in [0.15, 0.2) is 6.61 Å². The second-order valence-corrected chi connectivity index (χ2v) is 6.12. The fourth-order valence-corrected chi connectivity index (χ4v) is 2.60. The molecule has 0 aliphatic rings. The van der Waals surface area contributed by atoms with Gasteiger partial charge in [0.2, 0.25) is 0 Å². The van der Waals surface area contributed by atoms with Gasteiger partial charge in [0.1, 0.15) is 5.75 Å². The average Bonchev–Trinajstić information content (AvgIpc) is 2.69. The minimum absolute atomic E-state index is 0.110. The van der Waals surface area contributed by atoms with Gasteiger partial charge < -0.3 is 14.8 Å². The van der Waals surface area contributed by atoms with Crippen molar-refractivity contribution in [2.75, 3.05) is 13.7 Å². The van der Waals surface area contributed by atoms with Crippen molar-refractivity contribution in [2.24, 2.45) is 0 Å². The Bertz CT molecular complexity index is 796. The lowest BCUT2D eigenvalue weighted by Crippen LogP contribution is -2.32. The standard InChI is InChI=1S/C22H25NO4/c1-4-19(17-11-9-16(2)10-12-17)23-21(24)15-27-22(25)14-13-18-7-5-6-8-20(18)26-3/h5-14,19H,4,15H2,1-3H3,(H,23,24)/b14-13+/t19-/m0/s1. The van der Waals surface area contributed by atoms with E-state index in [1.165, 1.54) is 6.08 Å². The molecule has 2 aromatic rings. The summed E-state index contributed by atoms with van der Waals surface area (Å²) in [6.45, 7) is 3.69. The number of amides is 1. The van der Waals surface area contributed by atoms with E-state index in [0.29, 0.717) is 5.75 Å². The zero-order valence-corrected chi connectivity index (χ0v) is 15.9. The Morgan fingerprint density at radius 1 is 1.11 bits per heavy atom. The van der Waals surface area contributed by atoms with E-state index in [2.05, 4.69) is 5.32 Å². The van der Waals surface area contributed by atoms with Crippen molar-refractivity contribution in [3.8, 4) is 5.75 Å². The molecule has 0 heterocycles. The van der Waals surface area contributed by atoms with Crippen LogP contribution < -0.4 is 10.1 Å². The van der Waals surface area contributed by atoms with Crippen molar-refractivity contribution in [3.63, 3.8) is 0 Å². The Morgan fingerprint density at radius 3 is 2.48 bits per heavy atom. The quantitative estimate of drug-likeness (QED) is 0.569. The fourth-order valence-electron chi connectivity index (χ4n) is 2.60. The normalized spacial score (nSPS) is 11.8. The Morgan fingerprint density at radius 2 is 1.81 bits per heavy atom. The van der Waals surface area contributed by atoms with E-state index in [-0.39, 0.29) is 18.6 Å². The van der Waals surface area contributed by atoms with Crippen molar-refractivity contribution < 1.29 is 19.1 Å². The number of aryl methyl sites for hydroxylation is 1. The zero-order chi connectivity index (χ0) is 19.6. The SMILES string of the molecule is CC[C@H](NC(=O)COC(=O)/C=C/c1ccccc1OC)c1ccc(C)cc1. The van der Waals surface area contributed by atoms with Gasteiger partial charge in [0.05, 0.1) is 13.2 Å². The Kier molecular flexibility index (Phi) is 7.62. The number of ether oxygens (including phenoxy) is 2. The van der Waals surface area contributed by atoms with Crippen LogP contribution >= 0.6 is 0 Å². The molecule has 0 bridgehead atoms. The van der Waals surface area contributed by atoms with Crippen LogP contribution in [0.5, 0.6) is 5.75 Å². The predicted octanol–water partition coefficient (Wildman–Crippen LogP) is 3.83. The third-order valence-corrected chi connectivity index (χ3v) is 4.11. The van der Waals surface area contributed by atoms with Crippen molar-refractivity contribution in [3.05, 3.63) is 71.3 Å². The molecule has 0 spiro atoms. The molecule has 5 nitrogen and oxygen atoms in total. The van der Waals surface area contributed by atoms with E-state index in [4.69, 9.17) is 9.47 Å². The van der Waals surface area contributed by atoms with Crippen LogP contribution in [0.3, 0.4) is 0 Å². The molecular weight excluding hydrogens is 342 g/mol. The summed E-state index contributed by atoms with van der Waals surface area (Å²) < 4.78 is 10.2. The molecule has 0 saturated carbocycles. The molecule has 1 N–H and O–H groups in total. The minimum Gasteiger partial charge on any atom is -0.496 e. The maximum Gasteiger partial charge on any atom is 0.331 e. The molecule has 0 saturated heterocycles. The second kappa shape index (κ2) is 10.2. The lowest BCUT2D eigenvalue weighted by Gasteiger charge is -2.17. The summed E-state index contributed by atoms with van der Waals surface area (Å²) in [5.74, 6) is -0.260. The van der Waals surface area contributed by atoms with Gasteiger partial charge in [-0.15, -0.1) is 0 Å². The van der Waals surface area contributed by atoms with Crippen LogP contribution in [0.25, 0.3) is 6.08 Å². The third-order valence-electron chi connectivity index (χ3n) is 4.11. The molecule has 0 fully saturated rings. The minimum atomic E-state index is -0.584. The van der Waals surface area contributed by atoms with E-state index in [0.717, 1.165) is 23.1 Å². The second-order valence-electron chi connectivity index (χ2n) is 6.12. The summed E-state index contributed by atoms with van der Waals surface area (Å²) >= 11 is 0. The van der Waals surface area contributed by atoms with E-state index in [1.54, 1.807) is 19.3 Å². The van der Waals surface area contributed by atoms with E-state index >= 15 is 0 Å². The maximum atomic E-state index is 12.1. The molecule has 0 radical (unpaired) electrons. The van der Waals surface area contributed by atoms with Crippen LogP contribution in [-0.4, -0.2) is 25.6 Å². The molecule has 142 valence electrons. The van der Waals surface area contributed by atoms with Crippen LogP contribution in [0.4, 0.5) is 0 Å². The molecule has 0 aliphatic carbocycles. The number of methoxy groups -OCH3 is 1. The lowest BCUT2D eigenvalue weighted by atomic mass is 10.0. The smallest absolute Gasteiger partial charge is 0.331 e. The number of carbonyl (C=O) groups excluding carboxylic acids is 2. The number of hydrogen-bond donors (Lipinski definition) is 1. The third kappa shape index (κ3) is 6.29. The van der Waals surface area contributed by atoms with Crippen molar-refractivity contribution in [2.45, 2.75) is 26.3 Å². The molecule has 1 atom stereocenters. The van der Waals surface area contributed by atoms with Gasteiger partial charge in [-0.1, -0.05) is 55.0 Å². The lowest BCUT2D eigenvalue weighted by molar-refractivity contribution is -0.144. The first-order valence-electron chi connectivity index (χ1n) is 8.87. The maximum absolute atomic E-state index is 12.1. The first-order chi connectivity index (χ1) is 13.0. The number of carbonyl (C=O) groups is 2. The summed E-state index contributed by atoms with van der Waals surface area (Å²) in [6.07, 6.45) is 3.62. The van der Waals surface area contributed by atoms with Gasteiger partial charge in [-0.25, -0.2) is 4.79 Å². The molecule has 1 amide bonds. The predicted molar refractivity (Wildman–Crippen MR) is 105 cm³/mol. The van der Waals surface area contributed by atoms with Crippen LogP contribution in [-0.2, 0) is 14.3 Å². The Labute approximate surface area is 160 Å². The van der Waals surface area contributed by atoms with E-state index < -0.39 is 5.97 Å². The average molecular weight is 367 g/mol. The molecule has 0 aromatic heterocycles. The molecular formula is C22H25NO4. The number of para-hydroxylation sites is 1. The van der Waals surface area contributed by atoms with Gasteiger partial charge >= 0.3 is 5.97 Å². The first kappa shape index (κ1) is 20.2. The summed E-state index contributed by atoms with van der Waals surface area (Å²) in [5, 5.41) is 2.89. The number of esters is 1.